The highest BCUT2D eigenvalue weighted by Crippen LogP contribution is 2.36. The van der Waals surface area contributed by atoms with Crippen molar-refractivity contribution in [1.82, 2.24) is 19.9 Å². The van der Waals surface area contributed by atoms with Crippen LogP contribution in [0.4, 0.5) is 29.8 Å². The first-order valence-corrected chi connectivity index (χ1v) is 15.0. The molecule has 0 saturated carbocycles. The minimum Gasteiger partial charge on any atom is -0.489 e. The molecule has 0 radical (unpaired) electrons. The molecule has 4 heterocycles. The van der Waals surface area contributed by atoms with Crippen LogP contribution >= 0.6 is 22.7 Å². The van der Waals surface area contributed by atoms with Crippen molar-refractivity contribution in [2.45, 2.75) is 33.1 Å². The number of aromatic nitrogens is 3. The number of carbonyl (C=O) groups excluding carboxylic acids is 2. The molecule has 3 aromatic heterocycles. The number of rotatable bonds is 8. The van der Waals surface area contributed by atoms with E-state index >= 15 is 0 Å². The fraction of sp³-hybridized carbons (Fsp3) is 0.321. The van der Waals surface area contributed by atoms with Crippen LogP contribution in [-0.4, -0.2) is 63.9 Å². The van der Waals surface area contributed by atoms with Gasteiger partial charge in [-0.15, -0.1) is 22.7 Å². The zero-order valence-corrected chi connectivity index (χ0v) is 25.1. The number of hydrogen-bond donors (Lipinski definition) is 2. The Balaban J connectivity index is 1.26. The third-order valence-electron chi connectivity index (χ3n) is 6.55. The second-order valence-electron chi connectivity index (χ2n) is 10.0. The van der Waals surface area contributed by atoms with Gasteiger partial charge in [0.25, 0.3) is 5.91 Å². The van der Waals surface area contributed by atoms with Gasteiger partial charge in [-0.1, -0.05) is 0 Å². The summed E-state index contributed by atoms with van der Waals surface area (Å²) in [6.45, 7) is 7.24. The van der Waals surface area contributed by atoms with Crippen LogP contribution in [-0.2, 0) is 6.18 Å². The largest absolute Gasteiger partial charge is 0.489 e. The van der Waals surface area contributed by atoms with Gasteiger partial charge in [0, 0.05) is 43.3 Å². The smallest absolute Gasteiger partial charge is 0.417 e. The van der Waals surface area contributed by atoms with Crippen LogP contribution < -0.4 is 20.7 Å². The van der Waals surface area contributed by atoms with E-state index in [2.05, 4.69) is 20.3 Å². The number of hydrogen-bond acceptors (Lipinski definition) is 10. The van der Waals surface area contributed by atoms with Gasteiger partial charge in [0.2, 0.25) is 5.91 Å². The molecule has 0 atom stereocenters. The molecule has 10 nitrogen and oxygen atoms in total. The van der Waals surface area contributed by atoms with Crippen molar-refractivity contribution in [2.24, 2.45) is 5.73 Å². The Morgan fingerprint density at radius 1 is 1.09 bits per heavy atom. The van der Waals surface area contributed by atoms with Crippen LogP contribution in [0.5, 0.6) is 5.75 Å². The van der Waals surface area contributed by atoms with Crippen molar-refractivity contribution in [3.8, 4) is 16.3 Å². The van der Waals surface area contributed by atoms with E-state index in [4.69, 9.17) is 10.5 Å². The Bertz CT molecular complexity index is 1630. The number of benzene rings is 1. The lowest BCUT2D eigenvalue weighted by Crippen LogP contribution is -2.49. The molecule has 1 fully saturated rings. The van der Waals surface area contributed by atoms with Crippen LogP contribution in [0.25, 0.3) is 10.6 Å². The summed E-state index contributed by atoms with van der Waals surface area (Å²) in [5.74, 6) is 0.207. The SMILES string of the molecule is Cc1nc(C(=O)N2CCN(c3ccc(C(F)(F)F)cn3)CC2)sc1-c1csc(Nc2cc(C(N)=O)ccc2OC(C)C)n1. The van der Waals surface area contributed by atoms with Crippen molar-refractivity contribution in [3.05, 3.63) is 63.7 Å². The molecule has 0 bridgehead atoms. The van der Waals surface area contributed by atoms with E-state index in [0.717, 1.165) is 17.1 Å². The van der Waals surface area contributed by atoms with Gasteiger partial charge < -0.3 is 25.6 Å². The zero-order valence-electron chi connectivity index (χ0n) is 23.4. The Labute approximate surface area is 253 Å². The number of aryl methyl sites for hydroxylation is 1. The predicted octanol–water partition coefficient (Wildman–Crippen LogP) is 5.58. The Hall–Kier alpha value is -4.24. The summed E-state index contributed by atoms with van der Waals surface area (Å²) in [7, 11) is 0. The first-order valence-electron chi connectivity index (χ1n) is 13.3. The summed E-state index contributed by atoms with van der Waals surface area (Å²) in [5, 5.41) is 5.95. The lowest BCUT2D eigenvalue weighted by molar-refractivity contribution is -0.137. The monoisotopic (exact) mass is 631 g/mol. The molecule has 4 aromatic rings. The Morgan fingerprint density at radius 3 is 2.47 bits per heavy atom. The van der Waals surface area contributed by atoms with Crippen molar-refractivity contribution in [1.29, 1.82) is 0 Å². The predicted molar refractivity (Wildman–Crippen MR) is 159 cm³/mol. The van der Waals surface area contributed by atoms with E-state index in [1.807, 2.05) is 31.1 Å². The molecule has 2 amide bonds. The second kappa shape index (κ2) is 12.2. The summed E-state index contributed by atoms with van der Waals surface area (Å²) >= 11 is 2.60. The lowest BCUT2D eigenvalue weighted by Gasteiger charge is -2.35. The first-order chi connectivity index (χ1) is 20.4. The fourth-order valence-corrected chi connectivity index (χ4v) is 6.21. The molecule has 3 N–H and O–H groups in total. The van der Waals surface area contributed by atoms with E-state index in [0.29, 0.717) is 70.5 Å². The number of primary amides is 1. The molecule has 1 saturated heterocycles. The van der Waals surface area contributed by atoms with Crippen LogP contribution in [0.3, 0.4) is 0 Å². The molecule has 1 aromatic carbocycles. The number of halogens is 3. The molecule has 0 spiro atoms. The molecule has 0 unspecified atom stereocenters. The maximum atomic E-state index is 13.3. The van der Waals surface area contributed by atoms with Gasteiger partial charge >= 0.3 is 6.18 Å². The molecule has 1 aliphatic heterocycles. The number of thiazole rings is 2. The topological polar surface area (TPSA) is 127 Å². The molecule has 43 heavy (non-hydrogen) atoms. The molecule has 5 rings (SSSR count). The fourth-order valence-electron chi connectivity index (χ4n) is 4.43. The normalized spacial score (nSPS) is 13.8. The number of piperazine rings is 1. The number of anilines is 3. The number of carbonyl (C=O) groups is 2. The zero-order chi connectivity index (χ0) is 30.9. The third kappa shape index (κ3) is 6.88. The van der Waals surface area contributed by atoms with E-state index in [1.165, 1.54) is 28.7 Å². The van der Waals surface area contributed by atoms with Crippen LogP contribution in [0.1, 0.15) is 45.3 Å². The summed E-state index contributed by atoms with van der Waals surface area (Å²) in [4.78, 5) is 42.4. The van der Waals surface area contributed by atoms with Gasteiger partial charge in [0.1, 0.15) is 11.6 Å². The molecule has 15 heteroatoms. The van der Waals surface area contributed by atoms with Crippen LogP contribution in [0, 0.1) is 6.92 Å². The van der Waals surface area contributed by atoms with E-state index in [-0.39, 0.29) is 12.0 Å². The lowest BCUT2D eigenvalue weighted by atomic mass is 10.1. The molecule has 226 valence electrons. The number of pyridine rings is 1. The summed E-state index contributed by atoms with van der Waals surface area (Å²) in [6, 6.07) is 7.25. The van der Waals surface area contributed by atoms with Crippen LogP contribution in [0.2, 0.25) is 0 Å². The number of nitrogens with two attached hydrogens (primary N) is 1. The van der Waals surface area contributed by atoms with Gasteiger partial charge in [-0.05, 0) is 51.1 Å². The third-order valence-corrected chi connectivity index (χ3v) is 8.48. The van der Waals surface area contributed by atoms with Crippen molar-refractivity contribution >= 4 is 51.1 Å². The van der Waals surface area contributed by atoms with E-state index in [1.54, 1.807) is 23.1 Å². The summed E-state index contributed by atoms with van der Waals surface area (Å²) in [6.07, 6.45) is -3.71. The summed E-state index contributed by atoms with van der Waals surface area (Å²) < 4.78 is 44.4. The van der Waals surface area contributed by atoms with Gasteiger partial charge in [-0.25, -0.2) is 15.0 Å². The maximum absolute atomic E-state index is 13.3. The number of nitrogens with zero attached hydrogens (tertiary/aromatic N) is 5. The van der Waals surface area contributed by atoms with Gasteiger partial charge in [0.15, 0.2) is 10.1 Å². The van der Waals surface area contributed by atoms with E-state index in [9.17, 15) is 22.8 Å². The first kappa shape index (κ1) is 30.2. The minimum atomic E-state index is -4.44. The molecular formula is C28H28F3N7O3S2. The number of ether oxygens (including phenoxy) is 1. The van der Waals surface area contributed by atoms with Gasteiger partial charge in [-0.2, -0.15) is 13.2 Å². The maximum Gasteiger partial charge on any atom is 0.417 e. The average molecular weight is 632 g/mol. The molecule has 1 aliphatic rings. The molecule has 0 aliphatic carbocycles. The highest BCUT2D eigenvalue weighted by Gasteiger charge is 2.31. The van der Waals surface area contributed by atoms with Crippen molar-refractivity contribution in [3.63, 3.8) is 0 Å². The van der Waals surface area contributed by atoms with Crippen molar-refractivity contribution < 1.29 is 27.5 Å². The Morgan fingerprint density at radius 2 is 1.84 bits per heavy atom. The standard InChI is InChI=1S/C28H28F3N7O3S2/c1-15(2)41-21-6-4-17(24(32)39)12-19(21)35-27-36-20(14-42-27)23-16(3)34-25(43-23)26(40)38-10-8-37(9-11-38)22-7-5-18(13-33-22)28(29,30)31/h4-7,12-15H,8-11H2,1-3H3,(H2,32,39)(H,35,36). The average Bonchev–Trinajstić information content (AvgIpc) is 3.59. The number of alkyl halides is 3. The highest BCUT2D eigenvalue weighted by atomic mass is 32.1. The number of amides is 2. The quantitative estimate of drug-likeness (QED) is 0.258. The van der Waals surface area contributed by atoms with Crippen molar-refractivity contribution in [2.75, 3.05) is 36.4 Å². The van der Waals surface area contributed by atoms with Crippen LogP contribution in [0.15, 0.2) is 41.9 Å². The second-order valence-corrected chi connectivity index (χ2v) is 11.9. The van der Waals surface area contributed by atoms with E-state index < -0.39 is 17.6 Å². The molecular weight excluding hydrogens is 603 g/mol. The highest BCUT2D eigenvalue weighted by molar-refractivity contribution is 7.18. The number of nitrogens with one attached hydrogen (secondary N) is 1. The van der Waals surface area contributed by atoms with Gasteiger partial charge in [0.05, 0.1) is 33.6 Å². The minimum absolute atomic E-state index is 0.0907. The van der Waals surface area contributed by atoms with Gasteiger partial charge in [-0.3, -0.25) is 9.59 Å². The summed E-state index contributed by atoms with van der Waals surface area (Å²) in [5.41, 5.74) is 6.85. The Kier molecular flexibility index (Phi) is 8.55.